The van der Waals surface area contributed by atoms with E-state index in [-0.39, 0.29) is 23.6 Å². The number of ether oxygens (including phenoxy) is 1. The minimum absolute atomic E-state index is 0.0769. The summed E-state index contributed by atoms with van der Waals surface area (Å²) in [7, 11) is 1.39. The zero-order valence-corrected chi connectivity index (χ0v) is 9.07. The number of nitrogens with one attached hydrogen (secondary N) is 1. The maximum absolute atomic E-state index is 12.8. The summed E-state index contributed by atoms with van der Waals surface area (Å²) in [6.45, 7) is 1.35. The number of esters is 1. The van der Waals surface area contributed by atoms with E-state index in [2.05, 4.69) is 5.32 Å². The molecule has 0 amide bonds. The lowest BCUT2D eigenvalue weighted by atomic mass is 9.89. The van der Waals surface area contributed by atoms with Crippen molar-refractivity contribution in [2.45, 2.75) is 5.92 Å². The van der Waals surface area contributed by atoms with Crippen LogP contribution in [0, 0.1) is 11.7 Å². The lowest BCUT2D eigenvalue weighted by molar-refractivity contribution is -0.145. The van der Waals surface area contributed by atoms with Gasteiger partial charge in [0.05, 0.1) is 13.0 Å². The molecule has 0 aliphatic carbocycles. The lowest BCUT2D eigenvalue weighted by Gasteiger charge is -2.16. The van der Waals surface area contributed by atoms with E-state index in [1.165, 1.54) is 19.2 Å². The van der Waals surface area contributed by atoms with Gasteiger partial charge in [0.1, 0.15) is 5.82 Å². The largest absolute Gasteiger partial charge is 0.469 e. The number of hydrogen-bond donors (Lipinski definition) is 1. The summed E-state index contributed by atoms with van der Waals surface area (Å²) in [5.74, 6) is -0.563. The second-order valence-electron chi connectivity index (χ2n) is 3.95. The Labute approximate surface area is 93.6 Å². The minimum Gasteiger partial charge on any atom is -0.469 e. The van der Waals surface area contributed by atoms with Gasteiger partial charge >= 0.3 is 5.97 Å². The normalized spacial score (nSPS) is 24.4. The predicted molar refractivity (Wildman–Crippen MR) is 57.5 cm³/mol. The van der Waals surface area contributed by atoms with E-state index in [0.717, 1.165) is 12.1 Å². The Morgan fingerprint density at radius 2 is 2.06 bits per heavy atom. The number of carbonyl (C=O) groups excluding carboxylic acids is 1. The smallest absolute Gasteiger partial charge is 0.310 e. The van der Waals surface area contributed by atoms with Crippen molar-refractivity contribution in [2.75, 3.05) is 20.2 Å². The third-order valence-corrected chi connectivity index (χ3v) is 3.02. The third kappa shape index (κ3) is 2.07. The molecule has 1 heterocycles. The molecule has 3 nitrogen and oxygen atoms in total. The summed E-state index contributed by atoms with van der Waals surface area (Å²) in [5, 5.41) is 3.16. The van der Waals surface area contributed by atoms with Crippen LogP contribution in [0.1, 0.15) is 11.5 Å². The third-order valence-electron chi connectivity index (χ3n) is 3.02. The molecule has 0 unspecified atom stereocenters. The molecule has 1 aliphatic rings. The van der Waals surface area contributed by atoms with Crippen LogP contribution in [0.2, 0.25) is 0 Å². The highest BCUT2D eigenvalue weighted by Crippen LogP contribution is 2.28. The van der Waals surface area contributed by atoms with Crippen molar-refractivity contribution < 1.29 is 13.9 Å². The molecule has 1 aliphatic heterocycles. The molecule has 0 radical (unpaired) electrons. The summed E-state index contributed by atoms with van der Waals surface area (Å²) in [5.41, 5.74) is 0.974. The van der Waals surface area contributed by atoms with Crippen molar-refractivity contribution in [1.82, 2.24) is 5.32 Å². The molecule has 2 rings (SSSR count). The van der Waals surface area contributed by atoms with Crippen LogP contribution in [0.25, 0.3) is 0 Å². The van der Waals surface area contributed by atoms with E-state index in [1.54, 1.807) is 12.1 Å². The molecule has 0 saturated carbocycles. The van der Waals surface area contributed by atoms with Crippen LogP contribution in [0.15, 0.2) is 24.3 Å². The summed E-state index contributed by atoms with van der Waals surface area (Å²) in [6, 6.07) is 6.29. The monoisotopic (exact) mass is 223 g/mol. The van der Waals surface area contributed by atoms with Crippen LogP contribution in [-0.4, -0.2) is 26.2 Å². The van der Waals surface area contributed by atoms with Crippen molar-refractivity contribution in [3.05, 3.63) is 35.6 Å². The number of hydrogen-bond acceptors (Lipinski definition) is 3. The standard InChI is InChI=1S/C12H14FNO2/c1-16-12(15)11-7-14-6-10(11)8-2-4-9(13)5-3-8/h2-5,10-11,14H,6-7H2,1H3/t10-,11+/m1/s1. The first-order valence-electron chi connectivity index (χ1n) is 5.26. The average molecular weight is 223 g/mol. The number of carbonyl (C=O) groups is 1. The van der Waals surface area contributed by atoms with E-state index in [1.807, 2.05) is 0 Å². The Morgan fingerprint density at radius 3 is 2.69 bits per heavy atom. The molecule has 0 spiro atoms. The Morgan fingerprint density at radius 1 is 1.38 bits per heavy atom. The van der Waals surface area contributed by atoms with Crippen molar-refractivity contribution in [2.24, 2.45) is 5.92 Å². The van der Waals surface area contributed by atoms with Gasteiger partial charge in [-0.05, 0) is 17.7 Å². The molecule has 1 saturated heterocycles. The van der Waals surface area contributed by atoms with Gasteiger partial charge in [-0.25, -0.2) is 4.39 Å². The first kappa shape index (κ1) is 11.1. The van der Waals surface area contributed by atoms with Gasteiger partial charge in [-0.3, -0.25) is 4.79 Å². The fourth-order valence-electron chi connectivity index (χ4n) is 2.14. The zero-order valence-electron chi connectivity index (χ0n) is 9.07. The van der Waals surface area contributed by atoms with Gasteiger partial charge in [0.2, 0.25) is 0 Å². The zero-order chi connectivity index (χ0) is 11.5. The van der Waals surface area contributed by atoms with Crippen LogP contribution in [0.5, 0.6) is 0 Å². The lowest BCUT2D eigenvalue weighted by Crippen LogP contribution is -2.22. The van der Waals surface area contributed by atoms with E-state index >= 15 is 0 Å². The summed E-state index contributed by atoms with van der Waals surface area (Å²) < 4.78 is 17.5. The highest BCUT2D eigenvalue weighted by atomic mass is 19.1. The van der Waals surface area contributed by atoms with Crippen LogP contribution >= 0.6 is 0 Å². The molecule has 0 aromatic heterocycles. The SMILES string of the molecule is COC(=O)[C@H]1CNC[C@@H]1c1ccc(F)cc1. The minimum atomic E-state index is -0.260. The molecule has 16 heavy (non-hydrogen) atoms. The number of halogens is 1. The first-order chi connectivity index (χ1) is 7.72. The second kappa shape index (κ2) is 4.61. The second-order valence-corrected chi connectivity index (χ2v) is 3.95. The van der Waals surface area contributed by atoms with Gasteiger partial charge < -0.3 is 10.1 Å². The molecule has 1 fully saturated rings. The Kier molecular flexibility index (Phi) is 3.19. The fourth-order valence-corrected chi connectivity index (χ4v) is 2.14. The molecule has 1 aromatic rings. The number of methoxy groups -OCH3 is 1. The van der Waals surface area contributed by atoms with Crippen molar-refractivity contribution in [1.29, 1.82) is 0 Å². The molecule has 86 valence electrons. The van der Waals surface area contributed by atoms with Crippen molar-refractivity contribution >= 4 is 5.97 Å². The highest BCUT2D eigenvalue weighted by molar-refractivity contribution is 5.74. The molecular weight excluding hydrogens is 209 g/mol. The summed E-state index contributed by atoms with van der Waals surface area (Å²) in [4.78, 5) is 11.5. The van der Waals surface area contributed by atoms with Gasteiger partial charge in [0.25, 0.3) is 0 Å². The van der Waals surface area contributed by atoms with E-state index in [4.69, 9.17) is 4.74 Å². The van der Waals surface area contributed by atoms with Gasteiger partial charge in [-0.15, -0.1) is 0 Å². The molecule has 1 N–H and O–H groups in total. The highest BCUT2D eigenvalue weighted by Gasteiger charge is 2.34. The van der Waals surface area contributed by atoms with Gasteiger partial charge in [0.15, 0.2) is 0 Å². The molecule has 2 atom stereocenters. The number of rotatable bonds is 2. The van der Waals surface area contributed by atoms with Crippen LogP contribution in [-0.2, 0) is 9.53 Å². The molecular formula is C12H14FNO2. The van der Waals surface area contributed by atoms with E-state index in [0.29, 0.717) is 6.54 Å². The van der Waals surface area contributed by atoms with Crippen LogP contribution in [0.3, 0.4) is 0 Å². The maximum Gasteiger partial charge on any atom is 0.310 e. The number of benzene rings is 1. The topological polar surface area (TPSA) is 38.3 Å². The van der Waals surface area contributed by atoms with E-state index < -0.39 is 0 Å². The van der Waals surface area contributed by atoms with Gasteiger partial charge in [-0.2, -0.15) is 0 Å². The van der Waals surface area contributed by atoms with Crippen molar-refractivity contribution in [3.63, 3.8) is 0 Å². The Bertz CT molecular complexity index is 377. The molecule has 1 aromatic carbocycles. The fraction of sp³-hybridized carbons (Fsp3) is 0.417. The van der Waals surface area contributed by atoms with E-state index in [9.17, 15) is 9.18 Å². The molecule has 4 heteroatoms. The average Bonchev–Trinajstić information content (AvgIpc) is 2.78. The van der Waals surface area contributed by atoms with Crippen molar-refractivity contribution in [3.8, 4) is 0 Å². The summed E-state index contributed by atoms with van der Waals surface area (Å²) in [6.07, 6.45) is 0. The van der Waals surface area contributed by atoms with Crippen LogP contribution in [0.4, 0.5) is 4.39 Å². The van der Waals surface area contributed by atoms with Gasteiger partial charge in [0, 0.05) is 19.0 Å². The maximum atomic E-state index is 12.8. The Hall–Kier alpha value is -1.42. The van der Waals surface area contributed by atoms with Gasteiger partial charge in [-0.1, -0.05) is 12.1 Å². The quantitative estimate of drug-likeness (QED) is 0.768. The van der Waals surface area contributed by atoms with Crippen LogP contribution < -0.4 is 5.32 Å². The first-order valence-corrected chi connectivity index (χ1v) is 5.26. The molecule has 0 bridgehead atoms. The predicted octanol–water partition coefficient (Wildman–Crippen LogP) is 1.30. The Balaban J connectivity index is 2.19. The summed E-state index contributed by atoms with van der Waals surface area (Å²) >= 11 is 0.